The number of hydrogen-bond donors (Lipinski definition) is 1. The maximum Gasteiger partial charge on any atom is 0.387 e. The van der Waals surface area contributed by atoms with E-state index in [0.717, 1.165) is 12.8 Å². The molecule has 0 spiro atoms. The van der Waals surface area contributed by atoms with E-state index < -0.39 is 22.0 Å². The number of carbonyl (C=O) groups excluding carboxylic acids is 1. The largest absolute Gasteiger partial charge is 0.435 e. The van der Waals surface area contributed by atoms with Gasteiger partial charge in [-0.05, 0) is 62.9 Å². The van der Waals surface area contributed by atoms with Crippen LogP contribution in [0, 0.1) is 0 Å². The van der Waals surface area contributed by atoms with Gasteiger partial charge in [0.2, 0.25) is 0 Å². The molecule has 0 atom stereocenters. The summed E-state index contributed by atoms with van der Waals surface area (Å²) in [6.07, 6.45) is 2.33. The molecule has 8 nitrogen and oxygen atoms in total. The lowest BCUT2D eigenvalue weighted by Crippen LogP contribution is -2.50. The van der Waals surface area contributed by atoms with Gasteiger partial charge in [-0.15, -0.1) is 0 Å². The summed E-state index contributed by atoms with van der Waals surface area (Å²) in [5, 5.41) is 2.97. The van der Waals surface area contributed by atoms with Crippen molar-refractivity contribution in [1.82, 2.24) is 14.5 Å². The Kier molecular flexibility index (Phi) is 5.70. The van der Waals surface area contributed by atoms with Crippen LogP contribution in [-0.4, -0.2) is 47.1 Å². The lowest BCUT2D eigenvalue weighted by Gasteiger charge is -2.34. The quantitative estimate of drug-likeness (QED) is 0.554. The van der Waals surface area contributed by atoms with Gasteiger partial charge < -0.3 is 10.1 Å². The van der Waals surface area contributed by atoms with Gasteiger partial charge in [-0.25, -0.2) is 13.2 Å². The van der Waals surface area contributed by atoms with Crippen LogP contribution < -0.4 is 15.7 Å². The average Bonchev–Trinajstić information content (AvgIpc) is 3.58. The van der Waals surface area contributed by atoms with Crippen molar-refractivity contribution >= 4 is 26.8 Å². The molecule has 0 bridgehead atoms. The van der Waals surface area contributed by atoms with Gasteiger partial charge in [0.1, 0.15) is 15.6 Å². The number of nitrogens with zero attached hydrogens (tertiary/aromatic N) is 2. The Hall–Kier alpha value is -3.21. The number of nitrogens with one attached hydrogen (secondary N) is 1. The zero-order chi connectivity index (χ0) is 25.0. The predicted molar refractivity (Wildman–Crippen MR) is 126 cm³/mol. The van der Waals surface area contributed by atoms with Gasteiger partial charge in [-0.3, -0.25) is 13.9 Å². The zero-order valence-electron chi connectivity index (χ0n) is 19.0. The number of benzene rings is 2. The summed E-state index contributed by atoms with van der Waals surface area (Å²) in [4.78, 5) is 26.5. The summed E-state index contributed by atoms with van der Waals surface area (Å²) < 4.78 is 56.5. The molecule has 1 saturated heterocycles. The van der Waals surface area contributed by atoms with Gasteiger partial charge >= 0.3 is 12.3 Å². The molecule has 2 aromatic carbocycles. The van der Waals surface area contributed by atoms with Crippen molar-refractivity contribution in [2.75, 3.05) is 11.5 Å². The zero-order valence-corrected chi connectivity index (χ0v) is 19.9. The maximum absolute atomic E-state index is 13.4. The third-order valence-corrected chi connectivity index (χ3v) is 8.35. The molecule has 3 aromatic rings. The first-order valence-corrected chi connectivity index (χ1v) is 13.2. The topological polar surface area (TPSA) is 99.4 Å². The number of ether oxygens (including phenoxy) is 1. The first kappa shape index (κ1) is 23.5. The number of amides is 1. The molecule has 1 aliphatic carbocycles. The van der Waals surface area contributed by atoms with Crippen LogP contribution in [0.15, 0.2) is 47.3 Å². The van der Waals surface area contributed by atoms with Crippen LogP contribution in [0.2, 0.25) is 0 Å². The minimum Gasteiger partial charge on any atom is -0.435 e. The fourth-order valence-electron chi connectivity index (χ4n) is 4.55. The Morgan fingerprint density at radius 3 is 2.49 bits per heavy atom. The lowest BCUT2D eigenvalue weighted by molar-refractivity contribution is -0.0498. The van der Waals surface area contributed by atoms with Gasteiger partial charge in [-0.2, -0.15) is 8.78 Å². The molecular formula is C24H25F2N3O5S. The number of rotatable bonds is 6. The Morgan fingerprint density at radius 2 is 1.83 bits per heavy atom. The highest BCUT2D eigenvalue weighted by atomic mass is 32.2. The van der Waals surface area contributed by atoms with E-state index in [1.54, 1.807) is 28.8 Å². The van der Waals surface area contributed by atoms with Gasteiger partial charge in [0.15, 0.2) is 0 Å². The van der Waals surface area contributed by atoms with Gasteiger partial charge in [0, 0.05) is 23.2 Å². The number of sulfone groups is 1. The Bertz CT molecular complexity index is 1460. The van der Waals surface area contributed by atoms with Crippen molar-refractivity contribution in [3.05, 3.63) is 58.5 Å². The summed E-state index contributed by atoms with van der Waals surface area (Å²) in [7, 11) is -3.07. The molecular weight excluding hydrogens is 480 g/mol. The number of fused-ring (bicyclic) bond motifs is 1. The van der Waals surface area contributed by atoms with E-state index in [9.17, 15) is 26.8 Å². The van der Waals surface area contributed by atoms with Crippen LogP contribution in [0.3, 0.4) is 0 Å². The standard InChI is InChI=1S/C24H25F2N3O5S/c1-24(9-11-35(32,33)12-10-24)27-21(30)15-5-8-19-20(13-15)28(16-6-7-16)23(31)29(19)17-3-2-4-18(14-17)34-22(25)26/h2-5,8,13-14,16,22H,6-7,9-12H2,1H3,(H,27,30). The van der Waals surface area contributed by atoms with E-state index in [2.05, 4.69) is 10.1 Å². The lowest BCUT2D eigenvalue weighted by atomic mass is 9.94. The van der Waals surface area contributed by atoms with Crippen LogP contribution in [0.4, 0.5) is 8.78 Å². The number of carbonyl (C=O) groups is 1. The van der Waals surface area contributed by atoms with Crippen molar-refractivity contribution < 1.29 is 26.7 Å². The van der Waals surface area contributed by atoms with E-state index in [0.29, 0.717) is 35.1 Å². The molecule has 5 rings (SSSR count). The van der Waals surface area contributed by atoms with Crippen LogP contribution in [0.25, 0.3) is 16.7 Å². The molecule has 11 heteroatoms. The number of aromatic nitrogens is 2. The minimum atomic E-state index is -3.07. The smallest absolute Gasteiger partial charge is 0.387 e. The third kappa shape index (κ3) is 4.69. The number of imidazole rings is 1. The molecule has 186 valence electrons. The summed E-state index contributed by atoms with van der Waals surface area (Å²) >= 11 is 0. The molecule has 2 fully saturated rings. The van der Waals surface area contributed by atoms with E-state index in [1.807, 2.05) is 6.92 Å². The normalized spacial score (nSPS) is 19.1. The first-order valence-electron chi connectivity index (χ1n) is 11.4. The van der Waals surface area contributed by atoms with Crippen molar-refractivity contribution in [3.63, 3.8) is 0 Å². The second-order valence-corrected chi connectivity index (χ2v) is 11.8. The monoisotopic (exact) mass is 505 g/mol. The molecule has 1 saturated carbocycles. The highest BCUT2D eigenvalue weighted by Gasteiger charge is 2.35. The molecule has 1 aromatic heterocycles. The molecule has 1 N–H and O–H groups in total. The van der Waals surface area contributed by atoms with Crippen molar-refractivity contribution in [1.29, 1.82) is 0 Å². The van der Waals surface area contributed by atoms with Gasteiger partial charge in [0.25, 0.3) is 5.91 Å². The van der Waals surface area contributed by atoms with E-state index >= 15 is 0 Å². The summed E-state index contributed by atoms with van der Waals surface area (Å²) in [6, 6.07) is 10.9. The number of hydrogen-bond acceptors (Lipinski definition) is 5. The fraction of sp³-hybridized carbons (Fsp3) is 0.417. The Balaban J connectivity index is 1.52. The number of alkyl halides is 2. The second-order valence-electron chi connectivity index (χ2n) is 9.47. The molecule has 2 aliphatic rings. The summed E-state index contributed by atoms with van der Waals surface area (Å²) in [6.45, 7) is -1.15. The Labute approximate surface area is 200 Å². The number of halogens is 2. The highest BCUT2D eigenvalue weighted by Crippen LogP contribution is 2.37. The maximum atomic E-state index is 13.4. The first-order chi connectivity index (χ1) is 16.6. The molecule has 0 unspecified atom stereocenters. The summed E-state index contributed by atoms with van der Waals surface area (Å²) in [5.74, 6) is -0.346. The second kappa shape index (κ2) is 8.47. The highest BCUT2D eigenvalue weighted by molar-refractivity contribution is 7.91. The predicted octanol–water partition coefficient (Wildman–Crippen LogP) is 3.43. The molecule has 1 amide bonds. The summed E-state index contributed by atoms with van der Waals surface area (Å²) in [5.41, 5.74) is 0.895. The SMILES string of the molecule is CC1(NC(=O)c2ccc3c(c2)n(C2CC2)c(=O)n3-c2cccc(OC(F)F)c2)CCS(=O)(=O)CC1. The average molecular weight is 506 g/mol. The van der Waals surface area contributed by atoms with Gasteiger partial charge in [-0.1, -0.05) is 6.07 Å². The molecule has 35 heavy (non-hydrogen) atoms. The van der Waals surface area contributed by atoms with E-state index in [4.69, 9.17) is 0 Å². The minimum absolute atomic E-state index is 0.00567. The van der Waals surface area contributed by atoms with Gasteiger partial charge in [0.05, 0.1) is 28.2 Å². The van der Waals surface area contributed by atoms with Crippen molar-refractivity contribution in [2.45, 2.75) is 50.8 Å². The molecule has 0 radical (unpaired) electrons. The van der Waals surface area contributed by atoms with Crippen LogP contribution in [-0.2, 0) is 9.84 Å². The van der Waals surface area contributed by atoms with Crippen molar-refractivity contribution in [2.24, 2.45) is 0 Å². The fourth-order valence-corrected chi connectivity index (χ4v) is 6.28. The van der Waals surface area contributed by atoms with E-state index in [-0.39, 0.29) is 34.9 Å². The van der Waals surface area contributed by atoms with Crippen LogP contribution in [0.1, 0.15) is 49.0 Å². The van der Waals surface area contributed by atoms with Crippen molar-refractivity contribution in [3.8, 4) is 11.4 Å². The van der Waals surface area contributed by atoms with E-state index in [1.165, 1.54) is 22.8 Å². The van der Waals surface area contributed by atoms with Crippen LogP contribution >= 0.6 is 0 Å². The molecule has 2 heterocycles. The third-order valence-electron chi connectivity index (χ3n) is 6.69. The molecule has 1 aliphatic heterocycles. The Morgan fingerprint density at radius 1 is 1.11 bits per heavy atom. The van der Waals surface area contributed by atoms with Crippen LogP contribution in [0.5, 0.6) is 5.75 Å².